The highest BCUT2D eigenvalue weighted by atomic mass is 127. The lowest BCUT2D eigenvalue weighted by atomic mass is 10.1. The molecular weight excluding hydrogens is 565 g/mol. The highest BCUT2D eigenvalue weighted by Crippen LogP contribution is 2.35. The van der Waals surface area contributed by atoms with Gasteiger partial charge in [0.25, 0.3) is 5.91 Å². The van der Waals surface area contributed by atoms with Gasteiger partial charge in [0.15, 0.2) is 11.5 Å². The van der Waals surface area contributed by atoms with Crippen LogP contribution in [0.5, 0.6) is 11.5 Å². The van der Waals surface area contributed by atoms with Gasteiger partial charge in [-0.3, -0.25) is 4.79 Å². The smallest absolute Gasteiger partial charge is 0.266 e. The molecule has 0 fully saturated rings. The molecular formula is C26H19ClIN3O3. The molecule has 0 spiro atoms. The highest BCUT2D eigenvalue weighted by Gasteiger charge is 2.15. The Hall–Kier alpha value is -3.53. The molecule has 0 unspecified atom stereocenters. The topological polar surface area (TPSA) is 95.1 Å². The van der Waals surface area contributed by atoms with E-state index in [0.29, 0.717) is 39.9 Å². The van der Waals surface area contributed by atoms with Gasteiger partial charge >= 0.3 is 0 Å². The van der Waals surface area contributed by atoms with Crippen molar-refractivity contribution in [1.82, 2.24) is 0 Å². The van der Waals surface area contributed by atoms with Gasteiger partial charge in [-0.1, -0.05) is 35.9 Å². The highest BCUT2D eigenvalue weighted by molar-refractivity contribution is 14.1. The Morgan fingerprint density at radius 2 is 1.91 bits per heavy atom. The molecule has 34 heavy (non-hydrogen) atoms. The standard InChI is InChI=1S/C26H19ClIN3O3/c1-2-33-24-12-17(10-20(15-30)26(32)31-22-9-5-8-21(27)13-22)11-23(28)25(24)34-16-19-7-4-3-6-18(19)14-29/h3-13H,2,16H2,1H3,(H,31,32)/b20-10+. The molecule has 1 N–H and O–H groups in total. The van der Waals surface area contributed by atoms with Gasteiger partial charge in [-0.15, -0.1) is 0 Å². The summed E-state index contributed by atoms with van der Waals surface area (Å²) in [5.74, 6) is 0.447. The molecule has 3 rings (SSSR count). The molecule has 0 saturated carbocycles. The minimum absolute atomic E-state index is 0.0742. The fraction of sp³-hybridized carbons (Fsp3) is 0.115. The number of benzene rings is 3. The van der Waals surface area contributed by atoms with E-state index < -0.39 is 5.91 Å². The van der Waals surface area contributed by atoms with Crippen LogP contribution in [0, 0.1) is 26.2 Å². The van der Waals surface area contributed by atoms with Crippen molar-refractivity contribution >= 4 is 51.9 Å². The number of anilines is 1. The molecule has 0 radical (unpaired) electrons. The maximum absolute atomic E-state index is 12.6. The van der Waals surface area contributed by atoms with Gasteiger partial charge < -0.3 is 14.8 Å². The van der Waals surface area contributed by atoms with E-state index in [1.807, 2.05) is 25.1 Å². The summed E-state index contributed by atoms with van der Waals surface area (Å²) < 4.78 is 12.5. The third-order valence-electron chi connectivity index (χ3n) is 4.60. The molecule has 0 atom stereocenters. The molecule has 0 aliphatic rings. The van der Waals surface area contributed by atoms with Crippen molar-refractivity contribution in [2.45, 2.75) is 13.5 Å². The molecule has 0 aromatic heterocycles. The molecule has 0 aliphatic carbocycles. The second-order valence-corrected chi connectivity index (χ2v) is 8.55. The van der Waals surface area contributed by atoms with Crippen molar-refractivity contribution < 1.29 is 14.3 Å². The summed E-state index contributed by atoms with van der Waals surface area (Å²) in [6, 6.07) is 21.5. The van der Waals surface area contributed by atoms with Crippen LogP contribution >= 0.6 is 34.2 Å². The maximum Gasteiger partial charge on any atom is 0.266 e. The summed E-state index contributed by atoms with van der Waals surface area (Å²) >= 11 is 8.07. The summed E-state index contributed by atoms with van der Waals surface area (Å²) in [4.78, 5) is 12.6. The Morgan fingerprint density at radius 3 is 2.62 bits per heavy atom. The number of halogens is 2. The number of hydrogen-bond donors (Lipinski definition) is 1. The van der Waals surface area contributed by atoms with Crippen molar-refractivity contribution in [1.29, 1.82) is 10.5 Å². The lowest BCUT2D eigenvalue weighted by Gasteiger charge is -2.15. The van der Waals surface area contributed by atoms with E-state index >= 15 is 0 Å². The van der Waals surface area contributed by atoms with E-state index in [-0.39, 0.29) is 12.2 Å². The summed E-state index contributed by atoms with van der Waals surface area (Å²) in [5, 5.41) is 22.0. The first-order chi connectivity index (χ1) is 16.4. The third kappa shape index (κ3) is 6.50. The first kappa shape index (κ1) is 25.1. The number of carbonyl (C=O) groups is 1. The summed E-state index contributed by atoms with van der Waals surface area (Å²) in [6.45, 7) is 2.44. The molecule has 8 heteroatoms. The fourth-order valence-electron chi connectivity index (χ4n) is 3.06. The quantitative estimate of drug-likeness (QED) is 0.190. The number of carbonyl (C=O) groups excluding carboxylic acids is 1. The Labute approximate surface area is 216 Å². The lowest BCUT2D eigenvalue weighted by Crippen LogP contribution is -2.13. The Kier molecular flexibility index (Phi) is 8.92. The van der Waals surface area contributed by atoms with Crippen LogP contribution in [0.3, 0.4) is 0 Å². The zero-order valence-electron chi connectivity index (χ0n) is 18.1. The molecule has 6 nitrogen and oxygen atoms in total. The number of hydrogen-bond acceptors (Lipinski definition) is 5. The van der Waals surface area contributed by atoms with Crippen LogP contribution in [0.15, 0.2) is 66.2 Å². The number of rotatable bonds is 8. The second kappa shape index (κ2) is 12.1. The Balaban J connectivity index is 1.87. The van der Waals surface area contributed by atoms with Gasteiger partial charge in [0.05, 0.1) is 21.8 Å². The second-order valence-electron chi connectivity index (χ2n) is 6.95. The SMILES string of the molecule is CCOc1cc(/C=C(\C#N)C(=O)Nc2cccc(Cl)c2)cc(I)c1OCc1ccccc1C#N. The molecule has 1 amide bonds. The van der Waals surface area contributed by atoms with Crippen molar-refractivity contribution in [3.63, 3.8) is 0 Å². The zero-order valence-corrected chi connectivity index (χ0v) is 21.1. The number of amides is 1. The Morgan fingerprint density at radius 1 is 1.12 bits per heavy atom. The molecule has 3 aromatic carbocycles. The average molecular weight is 584 g/mol. The van der Waals surface area contributed by atoms with E-state index in [1.165, 1.54) is 6.08 Å². The van der Waals surface area contributed by atoms with Crippen LogP contribution in [0.1, 0.15) is 23.6 Å². The molecule has 0 bridgehead atoms. The fourth-order valence-corrected chi connectivity index (χ4v) is 4.03. The van der Waals surface area contributed by atoms with Crippen LogP contribution in [0.25, 0.3) is 6.08 Å². The van der Waals surface area contributed by atoms with Gasteiger partial charge in [0, 0.05) is 16.3 Å². The van der Waals surface area contributed by atoms with Crippen molar-refractivity contribution in [3.8, 4) is 23.6 Å². The van der Waals surface area contributed by atoms with Crippen molar-refractivity contribution in [3.05, 3.63) is 91.5 Å². The van der Waals surface area contributed by atoms with Crippen LogP contribution in [0.2, 0.25) is 5.02 Å². The van der Waals surface area contributed by atoms with Crippen LogP contribution in [0.4, 0.5) is 5.69 Å². The maximum atomic E-state index is 12.6. The minimum Gasteiger partial charge on any atom is -0.490 e. The molecule has 3 aromatic rings. The summed E-state index contributed by atoms with van der Waals surface area (Å²) in [7, 11) is 0. The first-order valence-corrected chi connectivity index (χ1v) is 11.7. The number of nitriles is 2. The van der Waals surface area contributed by atoms with Gasteiger partial charge in [0.1, 0.15) is 18.2 Å². The summed E-state index contributed by atoms with van der Waals surface area (Å²) in [6.07, 6.45) is 1.49. The first-order valence-electron chi connectivity index (χ1n) is 10.2. The molecule has 0 saturated heterocycles. The predicted octanol–water partition coefficient (Wildman–Crippen LogP) is 6.34. The molecule has 170 valence electrons. The zero-order chi connectivity index (χ0) is 24.5. The van der Waals surface area contributed by atoms with E-state index in [1.54, 1.807) is 48.5 Å². The van der Waals surface area contributed by atoms with Crippen molar-refractivity contribution in [2.75, 3.05) is 11.9 Å². The summed E-state index contributed by atoms with van der Waals surface area (Å²) in [5.41, 5.74) is 2.32. The minimum atomic E-state index is -0.550. The molecule has 0 aliphatic heterocycles. The predicted molar refractivity (Wildman–Crippen MR) is 139 cm³/mol. The largest absolute Gasteiger partial charge is 0.490 e. The van der Waals surface area contributed by atoms with Crippen LogP contribution in [-0.2, 0) is 11.4 Å². The third-order valence-corrected chi connectivity index (χ3v) is 5.64. The normalized spacial score (nSPS) is 10.7. The van der Waals surface area contributed by atoms with Gasteiger partial charge in [-0.25, -0.2) is 0 Å². The monoisotopic (exact) mass is 583 g/mol. The molecule has 0 heterocycles. The Bertz CT molecular complexity index is 1330. The van der Waals surface area contributed by atoms with E-state index in [9.17, 15) is 15.3 Å². The lowest BCUT2D eigenvalue weighted by molar-refractivity contribution is -0.112. The van der Waals surface area contributed by atoms with Gasteiger partial charge in [0.2, 0.25) is 0 Å². The van der Waals surface area contributed by atoms with Gasteiger partial charge in [-0.05, 0) is 77.6 Å². The number of nitrogens with zero attached hydrogens (tertiary/aromatic N) is 2. The van der Waals surface area contributed by atoms with Crippen molar-refractivity contribution in [2.24, 2.45) is 0 Å². The number of nitrogens with one attached hydrogen (secondary N) is 1. The van der Waals surface area contributed by atoms with E-state index in [0.717, 1.165) is 9.13 Å². The van der Waals surface area contributed by atoms with E-state index in [4.69, 9.17) is 21.1 Å². The van der Waals surface area contributed by atoms with Crippen LogP contribution < -0.4 is 14.8 Å². The van der Waals surface area contributed by atoms with Crippen LogP contribution in [-0.4, -0.2) is 12.5 Å². The number of ether oxygens (including phenoxy) is 2. The van der Waals surface area contributed by atoms with Gasteiger partial charge in [-0.2, -0.15) is 10.5 Å². The van der Waals surface area contributed by atoms with E-state index in [2.05, 4.69) is 34.0 Å². The average Bonchev–Trinajstić information content (AvgIpc) is 2.82.